The molecule has 0 spiro atoms. The number of ether oxygens (including phenoxy) is 1. The van der Waals surface area contributed by atoms with Crippen molar-refractivity contribution in [3.63, 3.8) is 0 Å². The zero-order valence-corrected chi connectivity index (χ0v) is 13.1. The van der Waals surface area contributed by atoms with E-state index in [-0.39, 0.29) is 6.04 Å². The third-order valence-corrected chi connectivity index (χ3v) is 4.15. The molecule has 0 aromatic heterocycles. The molecule has 0 aliphatic carbocycles. The smallest absolute Gasteiger partial charge is 0.0721 e. The fourth-order valence-corrected chi connectivity index (χ4v) is 2.76. The first-order chi connectivity index (χ1) is 9.60. The lowest BCUT2D eigenvalue weighted by atomic mass is 9.99. The van der Waals surface area contributed by atoms with Crippen LogP contribution < -0.4 is 10.6 Å². The molecular weight excluding hydrogens is 248 g/mol. The molecular formula is C17H28N2O. The van der Waals surface area contributed by atoms with Gasteiger partial charge < -0.3 is 15.4 Å². The highest BCUT2D eigenvalue weighted by molar-refractivity contribution is 5.51. The van der Waals surface area contributed by atoms with Crippen molar-refractivity contribution in [2.24, 2.45) is 5.73 Å². The van der Waals surface area contributed by atoms with Crippen LogP contribution in [0.25, 0.3) is 0 Å². The maximum atomic E-state index is 6.07. The maximum absolute atomic E-state index is 6.07. The summed E-state index contributed by atoms with van der Waals surface area (Å²) >= 11 is 0. The fraction of sp³-hybridized carbons (Fsp3) is 0.647. The van der Waals surface area contributed by atoms with E-state index in [9.17, 15) is 0 Å². The van der Waals surface area contributed by atoms with Crippen LogP contribution in [0, 0.1) is 6.92 Å². The van der Waals surface area contributed by atoms with Gasteiger partial charge in [0.25, 0.3) is 0 Å². The molecule has 112 valence electrons. The summed E-state index contributed by atoms with van der Waals surface area (Å²) in [6, 6.07) is 7.06. The lowest BCUT2D eigenvalue weighted by Gasteiger charge is -2.25. The molecule has 1 aliphatic rings. The molecule has 1 fully saturated rings. The molecule has 3 nitrogen and oxygen atoms in total. The van der Waals surface area contributed by atoms with Gasteiger partial charge in [0.1, 0.15) is 0 Å². The van der Waals surface area contributed by atoms with Crippen LogP contribution in [-0.2, 0) is 11.2 Å². The van der Waals surface area contributed by atoms with E-state index in [0.717, 1.165) is 39.0 Å². The van der Waals surface area contributed by atoms with Crippen LogP contribution in [-0.4, -0.2) is 31.8 Å². The predicted molar refractivity (Wildman–Crippen MR) is 85.4 cm³/mol. The molecule has 1 heterocycles. The van der Waals surface area contributed by atoms with Crippen molar-refractivity contribution in [1.82, 2.24) is 0 Å². The molecule has 0 radical (unpaired) electrons. The van der Waals surface area contributed by atoms with Gasteiger partial charge in [-0.05, 0) is 56.4 Å². The summed E-state index contributed by atoms with van der Waals surface area (Å²) < 4.78 is 5.72. The number of hydrogen-bond acceptors (Lipinski definition) is 3. The highest BCUT2D eigenvalue weighted by Crippen LogP contribution is 2.22. The average molecular weight is 276 g/mol. The van der Waals surface area contributed by atoms with E-state index in [0.29, 0.717) is 6.10 Å². The van der Waals surface area contributed by atoms with E-state index in [1.54, 1.807) is 0 Å². The van der Waals surface area contributed by atoms with Crippen LogP contribution in [0.1, 0.15) is 37.8 Å². The van der Waals surface area contributed by atoms with Gasteiger partial charge >= 0.3 is 0 Å². The minimum atomic E-state index is 0.270. The first-order valence-electron chi connectivity index (χ1n) is 7.81. The molecule has 2 N–H and O–H groups in total. The van der Waals surface area contributed by atoms with E-state index in [4.69, 9.17) is 10.5 Å². The zero-order valence-electron chi connectivity index (χ0n) is 13.1. The van der Waals surface area contributed by atoms with E-state index in [1.165, 1.54) is 16.8 Å². The van der Waals surface area contributed by atoms with Gasteiger partial charge in [-0.25, -0.2) is 0 Å². The highest BCUT2D eigenvalue weighted by atomic mass is 16.5. The molecule has 2 rings (SSSR count). The van der Waals surface area contributed by atoms with Gasteiger partial charge in [0.05, 0.1) is 6.10 Å². The van der Waals surface area contributed by atoms with Gasteiger partial charge in [0.2, 0.25) is 0 Å². The number of hydrogen-bond donors (Lipinski definition) is 1. The Hall–Kier alpha value is -1.06. The van der Waals surface area contributed by atoms with Crippen LogP contribution in [0.4, 0.5) is 5.69 Å². The maximum Gasteiger partial charge on any atom is 0.0721 e. The molecule has 1 saturated heterocycles. The Kier molecular flexibility index (Phi) is 5.44. The van der Waals surface area contributed by atoms with Crippen LogP contribution in [0.3, 0.4) is 0 Å². The monoisotopic (exact) mass is 276 g/mol. The second-order valence-electron chi connectivity index (χ2n) is 5.96. The van der Waals surface area contributed by atoms with Crippen molar-refractivity contribution >= 4 is 5.69 Å². The first kappa shape index (κ1) is 15.3. The lowest BCUT2D eigenvalue weighted by Crippen LogP contribution is -2.30. The third-order valence-electron chi connectivity index (χ3n) is 4.15. The molecule has 2 unspecified atom stereocenters. The molecule has 0 bridgehead atoms. The molecule has 20 heavy (non-hydrogen) atoms. The van der Waals surface area contributed by atoms with Crippen molar-refractivity contribution in [3.8, 4) is 0 Å². The normalized spacial score (nSPS) is 21.6. The molecule has 3 heteroatoms. The quantitative estimate of drug-likeness (QED) is 0.919. The number of nitrogens with two attached hydrogens (primary N) is 1. The SMILES string of the molecule is CCC(N)Cc1ccc(N2CCCOC(C)C2)cc1C. The summed E-state index contributed by atoms with van der Waals surface area (Å²) in [7, 11) is 0. The number of anilines is 1. The van der Waals surface area contributed by atoms with Crippen LogP contribution in [0.15, 0.2) is 18.2 Å². The van der Waals surface area contributed by atoms with Crippen molar-refractivity contribution in [2.75, 3.05) is 24.6 Å². The number of rotatable bonds is 4. The molecule has 1 aromatic carbocycles. The second-order valence-corrected chi connectivity index (χ2v) is 5.96. The van der Waals surface area contributed by atoms with Gasteiger partial charge in [-0.2, -0.15) is 0 Å². The Morgan fingerprint density at radius 2 is 2.25 bits per heavy atom. The molecule has 1 aliphatic heterocycles. The number of aryl methyl sites for hydroxylation is 1. The van der Waals surface area contributed by atoms with Crippen LogP contribution in [0.2, 0.25) is 0 Å². The molecule has 0 amide bonds. The van der Waals surface area contributed by atoms with Crippen molar-refractivity contribution in [1.29, 1.82) is 0 Å². The molecule has 2 atom stereocenters. The zero-order chi connectivity index (χ0) is 14.5. The standard InChI is InChI=1S/C17H28N2O/c1-4-16(18)11-15-6-7-17(10-13(15)2)19-8-5-9-20-14(3)12-19/h6-7,10,14,16H,4-5,8-9,11-12,18H2,1-3H3. The summed E-state index contributed by atoms with van der Waals surface area (Å²) in [5.74, 6) is 0. The fourth-order valence-electron chi connectivity index (χ4n) is 2.76. The van der Waals surface area contributed by atoms with E-state index >= 15 is 0 Å². The molecule has 1 aromatic rings. The summed E-state index contributed by atoms with van der Waals surface area (Å²) in [4.78, 5) is 2.44. The van der Waals surface area contributed by atoms with Gasteiger partial charge in [0, 0.05) is 31.4 Å². The van der Waals surface area contributed by atoms with Gasteiger partial charge in [-0.3, -0.25) is 0 Å². The third kappa shape index (κ3) is 3.97. The predicted octanol–water partition coefficient (Wildman–Crippen LogP) is 2.89. The lowest BCUT2D eigenvalue weighted by molar-refractivity contribution is 0.0821. The largest absolute Gasteiger partial charge is 0.377 e. The van der Waals surface area contributed by atoms with Gasteiger partial charge in [-0.1, -0.05) is 13.0 Å². The summed E-state index contributed by atoms with van der Waals surface area (Å²) in [5, 5.41) is 0. The Morgan fingerprint density at radius 3 is 2.95 bits per heavy atom. The van der Waals surface area contributed by atoms with Gasteiger partial charge in [0.15, 0.2) is 0 Å². The van der Waals surface area contributed by atoms with Crippen molar-refractivity contribution < 1.29 is 4.74 Å². The number of benzene rings is 1. The van der Waals surface area contributed by atoms with Crippen LogP contribution >= 0.6 is 0 Å². The Balaban J connectivity index is 2.11. The van der Waals surface area contributed by atoms with E-state index < -0.39 is 0 Å². The average Bonchev–Trinajstić information content (AvgIpc) is 2.65. The summed E-state index contributed by atoms with van der Waals surface area (Å²) in [5.41, 5.74) is 10.1. The summed E-state index contributed by atoms with van der Waals surface area (Å²) in [6.07, 6.45) is 3.42. The Labute approximate surface area is 123 Å². The number of nitrogens with zero attached hydrogens (tertiary/aromatic N) is 1. The summed E-state index contributed by atoms with van der Waals surface area (Å²) in [6.45, 7) is 9.43. The van der Waals surface area contributed by atoms with E-state index in [1.807, 2.05) is 0 Å². The van der Waals surface area contributed by atoms with Gasteiger partial charge in [-0.15, -0.1) is 0 Å². The van der Waals surface area contributed by atoms with Crippen LogP contribution in [0.5, 0.6) is 0 Å². The molecule has 0 saturated carbocycles. The topological polar surface area (TPSA) is 38.5 Å². The minimum Gasteiger partial charge on any atom is -0.377 e. The second kappa shape index (κ2) is 7.09. The first-order valence-corrected chi connectivity index (χ1v) is 7.81. The van der Waals surface area contributed by atoms with Crippen molar-refractivity contribution in [3.05, 3.63) is 29.3 Å². The Morgan fingerprint density at radius 1 is 1.45 bits per heavy atom. The highest BCUT2D eigenvalue weighted by Gasteiger charge is 2.16. The minimum absolute atomic E-state index is 0.270. The van der Waals surface area contributed by atoms with Crippen molar-refractivity contribution in [2.45, 2.75) is 52.2 Å². The Bertz CT molecular complexity index is 433. The van der Waals surface area contributed by atoms with E-state index in [2.05, 4.69) is 43.9 Å².